The lowest BCUT2D eigenvalue weighted by Crippen LogP contribution is -2.40. The van der Waals surface area contributed by atoms with Crippen LogP contribution in [0.3, 0.4) is 0 Å². The number of carbonyl (C=O) groups excluding carboxylic acids is 2. The number of imide groups is 1. The van der Waals surface area contributed by atoms with E-state index in [0.717, 1.165) is 33.3 Å². The molecule has 0 saturated heterocycles. The van der Waals surface area contributed by atoms with Gasteiger partial charge in [0.1, 0.15) is 0 Å². The summed E-state index contributed by atoms with van der Waals surface area (Å²) in [4.78, 5) is 27.8. The molecule has 3 nitrogen and oxygen atoms in total. The van der Waals surface area contributed by atoms with Crippen molar-refractivity contribution in [3.05, 3.63) is 18.7 Å². The van der Waals surface area contributed by atoms with E-state index in [-0.39, 0.29) is 17.9 Å². The number of hydrogen-bond acceptors (Lipinski definition) is 3. The van der Waals surface area contributed by atoms with Crippen LogP contribution in [0.1, 0.15) is 124 Å². The molecule has 0 unspecified atom stereocenters. The minimum atomic E-state index is -0.110. The second-order valence-electron chi connectivity index (χ2n) is 8.15. The topological polar surface area (TPSA) is 37.4 Å². The number of amides is 2. The SMILES string of the molecule is CCCCCCCCC(CCCCCCCC)N1C(=O)c2c(Br)sc(Br)c2C1=O. The van der Waals surface area contributed by atoms with E-state index < -0.39 is 0 Å². The minimum Gasteiger partial charge on any atom is -0.271 e. The van der Waals surface area contributed by atoms with Crippen LogP contribution >= 0.6 is 43.2 Å². The minimum absolute atomic E-state index is 0.0311. The van der Waals surface area contributed by atoms with Crippen LogP contribution in [0.15, 0.2) is 7.57 Å². The highest BCUT2D eigenvalue weighted by molar-refractivity contribution is 9.12. The molecule has 1 aliphatic heterocycles. The summed E-state index contributed by atoms with van der Waals surface area (Å²) < 4.78 is 1.52. The Bertz CT molecular complexity index is 622. The lowest BCUT2D eigenvalue weighted by molar-refractivity contribution is 0.0562. The van der Waals surface area contributed by atoms with Gasteiger partial charge in [-0.3, -0.25) is 14.5 Å². The third-order valence-electron chi connectivity index (χ3n) is 5.83. The third kappa shape index (κ3) is 6.90. The fourth-order valence-electron chi connectivity index (χ4n) is 4.15. The van der Waals surface area contributed by atoms with Gasteiger partial charge in [-0.25, -0.2) is 0 Å². The highest BCUT2D eigenvalue weighted by Gasteiger charge is 2.43. The summed E-state index contributed by atoms with van der Waals surface area (Å²) in [5.74, 6) is -0.221. The zero-order chi connectivity index (χ0) is 21.2. The predicted molar refractivity (Wildman–Crippen MR) is 130 cm³/mol. The summed E-state index contributed by atoms with van der Waals surface area (Å²) in [5, 5.41) is 0. The Kier molecular flexibility index (Phi) is 11.5. The van der Waals surface area contributed by atoms with Crippen LogP contribution in [0, 0.1) is 0 Å². The van der Waals surface area contributed by atoms with Gasteiger partial charge in [0.2, 0.25) is 0 Å². The molecule has 0 saturated carbocycles. The largest absolute Gasteiger partial charge is 0.271 e. The first-order valence-electron chi connectivity index (χ1n) is 11.4. The molecule has 1 aromatic heterocycles. The molecule has 6 heteroatoms. The average molecular weight is 549 g/mol. The summed E-state index contributed by atoms with van der Waals surface area (Å²) in [6.45, 7) is 4.46. The van der Waals surface area contributed by atoms with Gasteiger partial charge < -0.3 is 0 Å². The highest BCUT2D eigenvalue weighted by Crippen LogP contribution is 2.43. The van der Waals surface area contributed by atoms with Crippen molar-refractivity contribution in [1.82, 2.24) is 4.90 Å². The molecule has 0 N–H and O–H groups in total. The van der Waals surface area contributed by atoms with Gasteiger partial charge in [0.05, 0.1) is 18.7 Å². The van der Waals surface area contributed by atoms with E-state index in [1.54, 1.807) is 4.90 Å². The number of rotatable bonds is 15. The summed E-state index contributed by atoms with van der Waals surface area (Å²) in [7, 11) is 0. The van der Waals surface area contributed by atoms with Crippen molar-refractivity contribution in [3.63, 3.8) is 0 Å². The van der Waals surface area contributed by atoms with E-state index >= 15 is 0 Å². The summed E-state index contributed by atoms with van der Waals surface area (Å²) in [5.41, 5.74) is 1.12. The molecule has 1 aliphatic rings. The maximum absolute atomic E-state index is 13.1. The van der Waals surface area contributed by atoms with Gasteiger partial charge in [-0.15, -0.1) is 11.3 Å². The van der Waals surface area contributed by atoms with Gasteiger partial charge in [-0.1, -0.05) is 90.9 Å². The second-order valence-corrected chi connectivity index (χ2v) is 11.8. The summed E-state index contributed by atoms with van der Waals surface area (Å²) in [6, 6.07) is 0.0311. The molecule has 0 spiro atoms. The van der Waals surface area contributed by atoms with Crippen LogP contribution in [0.2, 0.25) is 0 Å². The molecule has 0 bridgehead atoms. The zero-order valence-electron chi connectivity index (χ0n) is 17.9. The monoisotopic (exact) mass is 547 g/mol. The lowest BCUT2D eigenvalue weighted by Gasteiger charge is -2.27. The van der Waals surface area contributed by atoms with Crippen LogP contribution in [0.4, 0.5) is 0 Å². The van der Waals surface area contributed by atoms with Crippen molar-refractivity contribution in [2.24, 2.45) is 0 Å². The fraction of sp³-hybridized carbons (Fsp3) is 0.739. The van der Waals surface area contributed by atoms with Crippen LogP contribution in [0.25, 0.3) is 0 Å². The molecule has 0 aliphatic carbocycles. The smallest absolute Gasteiger partial charge is 0.263 e. The molecular formula is C23H35Br2NO2S. The number of thiophene rings is 1. The fourth-order valence-corrected chi connectivity index (χ4v) is 7.25. The van der Waals surface area contributed by atoms with E-state index in [0.29, 0.717) is 11.1 Å². The number of halogens is 2. The average Bonchev–Trinajstić information content (AvgIpc) is 3.14. The molecule has 0 atom stereocenters. The maximum Gasteiger partial charge on any atom is 0.263 e. The van der Waals surface area contributed by atoms with Crippen molar-refractivity contribution in [1.29, 1.82) is 0 Å². The normalized spacial score (nSPS) is 13.8. The molecule has 0 radical (unpaired) electrons. The maximum atomic E-state index is 13.1. The number of hydrogen-bond donors (Lipinski definition) is 0. The standard InChI is InChI=1S/C23H35Br2NO2S/c1-3-5-7-9-11-13-15-17(16-14-12-10-8-6-4-2)26-22(27)18-19(23(26)28)21(25)29-20(18)24/h17H,3-16H2,1-2H3. The van der Waals surface area contributed by atoms with Crippen LogP contribution in [-0.2, 0) is 0 Å². The summed E-state index contributed by atoms with van der Waals surface area (Å²) in [6.07, 6.45) is 16.6. The van der Waals surface area contributed by atoms with Crippen molar-refractivity contribution >= 4 is 55.0 Å². The van der Waals surface area contributed by atoms with Gasteiger partial charge in [-0.2, -0.15) is 0 Å². The van der Waals surface area contributed by atoms with Gasteiger partial charge in [0.25, 0.3) is 11.8 Å². The molecule has 2 heterocycles. The number of fused-ring (bicyclic) bond motifs is 1. The van der Waals surface area contributed by atoms with Gasteiger partial charge in [0, 0.05) is 6.04 Å². The Morgan fingerprint density at radius 3 is 1.48 bits per heavy atom. The number of nitrogens with zero attached hydrogens (tertiary/aromatic N) is 1. The first-order valence-corrected chi connectivity index (χ1v) is 13.8. The number of carbonyl (C=O) groups is 2. The first kappa shape index (κ1) is 25.1. The Labute approximate surface area is 197 Å². The molecule has 164 valence electrons. The molecule has 0 fully saturated rings. The van der Waals surface area contributed by atoms with Crippen molar-refractivity contribution in [2.75, 3.05) is 0 Å². The Balaban J connectivity index is 1.97. The van der Waals surface area contributed by atoms with Crippen LogP contribution < -0.4 is 0 Å². The quantitative estimate of drug-likeness (QED) is 0.162. The van der Waals surface area contributed by atoms with E-state index in [1.165, 1.54) is 75.5 Å². The van der Waals surface area contributed by atoms with E-state index in [9.17, 15) is 9.59 Å². The molecular weight excluding hydrogens is 514 g/mol. The second kappa shape index (κ2) is 13.3. The highest BCUT2D eigenvalue weighted by atomic mass is 79.9. The number of unbranched alkanes of at least 4 members (excludes halogenated alkanes) is 10. The van der Waals surface area contributed by atoms with E-state index in [4.69, 9.17) is 0 Å². The molecule has 29 heavy (non-hydrogen) atoms. The predicted octanol–water partition coefficient (Wildman–Crippen LogP) is 8.74. The van der Waals surface area contributed by atoms with Crippen molar-refractivity contribution in [3.8, 4) is 0 Å². The van der Waals surface area contributed by atoms with Crippen LogP contribution in [0.5, 0.6) is 0 Å². The van der Waals surface area contributed by atoms with Crippen LogP contribution in [-0.4, -0.2) is 22.8 Å². The molecule has 0 aromatic carbocycles. The van der Waals surface area contributed by atoms with Gasteiger partial charge in [-0.05, 0) is 44.7 Å². The third-order valence-corrected chi connectivity index (χ3v) is 8.37. The van der Waals surface area contributed by atoms with Crippen molar-refractivity contribution in [2.45, 2.75) is 110 Å². The van der Waals surface area contributed by atoms with Crippen molar-refractivity contribution < 1.29 is 9.59 Å². The molecule has 1 aromatic rings. The van der Waals surface area contributed by atoms with Gasteiger partial charge in [0.15, 0.2) is 0 Å². The Morgan fingerprint density at radius 1 is 0.690 bits per heavy atom. The summed E-state index contributed by atoms with van der Waals surface area (Å²) >= 11 is 8.37. The molecule has 2 amide bonds. The first-order chi connectivity index (χ1) is 14.0. The van der Waals surface area contributed by atoms with Gasteiger partial charge >= 0.3 is 0 Å². The van der Waals surface area contributed by atoms with E-state index in [1.807, 2.05) is 0 Å². The molecule has 2 rings (SSSR count). The van der Waals surface area contributed by atoms with E-state index in [2.05, 4.69) is 45.7 Å². The Hall–Kier alpha value is -0.200. The lowest BCUT2D eigenvalue weighted by atomic mass is 9.98. The zero-order valence-corrected chi connectivity index (χ0v) is 21.9. The Morgan fingerprint density at radius 2 is 1.07 bits per heavy atom.